The molecule has 6 heteroatoms. The molecule has 2 aliphatic rings. The van der Waals surface area contributed by atoms with Crippen LogP contribution in [0, 0.1) is 0 Å². The number of rotatable bonds is 6. The molecule has 0 N–H and O–H groups in total. The van der Waals surface area contributed by atoms with Gasteiger partial charge >= 0.3 is 6.03 Å². The van der Waals surface area contributed by atoms with Crippen LogP contribution in [0.25, 0.3) is 0 Å². The number of hydrogen-bond donors (Lipinski definition) is 0. The number of hydroxylamine groups is 2. The van der Waals surface area contributed by atoms with Gasteiger partial charge in [0.05, 0.1) is 18.7 Å². The van der Waals surface area contributed by atoms with Crippen molar-refractivity contribution in [1.82, 2.24) is 9.96 Å². The van der Waals surface area contributed by atoms with Gasteiger partial charge in [0.15, 0.2) is 8.32 Å². The van der Waals surface area contributed by atoms with Crippen LogP contribution in [0.5, 0.6) is 0 Å². The Labute approximate surface area is 164 Å². The zero-order valence-electron chi connectivity index (χ0n) is 17.4. The molecule has 2 amide bonds. The van der Waals surface area contributed by atoms with Crippen LogP contribution in [0.4, 0.5) is 4.79 Å². The summed E-state index contributed by atoms with van der Waals surface area (Å²) < 4.78 is 6.41. The van der Waals surface area contributed by atoms with E-state index in [-0.39, 0.29) is 23.2 Å². The second-order valence-corrected chi connectivity index (χ2v) is 13.9. The molecule has 1 aromatic rings. The third-order valence-corrected chi connectivity index (χ3v) is 10.6. The summed E-state index contributed by atoms with van der Waals surface area (Å²) in [6.07, 6.45) is 2.16. The molecule has 2 heterocycles. The minimum absolute atomic E-state index is 0.00630. The van der Waals surface area contributed by atoms with E-state index in [0.717, 1.165) is 5.56 Å². The molecule has 2 aliphatic heterocycles. The first-order chi connectivity index (χ1) is 12.6. The molecule has 0 unspecified atom stereocenters. The van der Waals surface area contributed by atoms with Gasteiger partial charge in [-0.15, -0.1) is 0 Å². The van der Waals surface area contributed by atoms with Crippen LogP contribution in [-0.2, 0) is 15.9 Å². The molecule has 0 aromatic heterocycles. The molecule has 2 bridgehead atoms. The maximum absolute atomic E-state index is 12.9. The summed E-state index contributed by atoms with van der Waals surface area (Å²) in [5.74, 6) is 0. The second kappa shape index (κ2) is 7.41. The fraction of sp³-hybridized carbons (Fsp3) is 0.571. The summed E-state index contributed by atoms with van der Waals surface area (Å²) in [6.45, 7) is 14.9. The Balaban J connectivity index is 1.66. The molecular weight excluding hydrogens is 356 g/mol. The third-order valence-electron chi connectivity index (χ3n) is 6.10. The monoisotopic (exact) mass is 388 g/mol. The fourth-order valence-corrected chi connectivity index (χ4v) is 4.27. The molecule has 27 heavy (non-hydrogen) atoms. The van der Waals surface area contributed by atoms with E-state index in [9.17, 15) is 4.79 Å². The highest BCUT2D eigenvalue weighted by Gasteiger charge is 2.46. The lowest BCUT2D eigenvalue weighted by Crippen LogP contribution is -2.48. The van der Waals surface area contributed by atoms with Gasteiger partial charge in [-0.3, -0.25) is 4.84 Å². The number of fused-ring (bicyclic) bond motifs is 2. The van der Waals surface area contributed by atoms with Crippen LogP contribution >= 0.6 is 0 Å². The number of hydrogen-bond acceptors (Lipinski definition) is 3. The Hall–Kier alpha value is -1.63. The highest BCUT2D eigenvalue weighted by Crippen LogP contribution is 2.38. The smallest absolute Gasteiger partial charge is 0.345 e. The van der Waals surface area contributed by atoms with Crippen LogP contribution < -0.4 is 0 Å². The number of nitrogens with zero attached hydrogens (tertiary/aromatic N) is 2. The van der Waals surface area contributed by atoms with Gasteiger partial charge in [-0.2, -0.15) is 5.06 Å². The van der Waals surface area contributed by atoms with Crippen molar-refractivity contribution in [2.24, 2.45) is 0 Å². The van der Waals surface area contributed by atoms with E-state index in [1.54, 1.807) is 0 Å². The predicted octanol–water partition coefficient (Wildman–Crippen LogP) is 4.57. The highest BCUT2D eigenvalue weighted by molar-refractivity contribution is 6.74. The first kappa shape index (κ1) is 20.1. The van der Waals surface area contributed by atoms with Gasteiger partial charge in [-0.25, -0.2) is 4.79 Å². The quantitative estimate of drug-likeness (QED) is 0.529. The number of amides is 2. The van der Waals surface area contributed by atoms with Gasteiger partial charge in [0, 0.05) is 6.54 Å². The summed E-state index contributed by atoms with van der Waals surface area (Å²) >= 11 is 0. The lowest BCUT2D eigenvalue weighted by molar-refractivity contribution is -0.131. The second-order valence-electron chi connectivity index (χ2n) is 9.08. The standard InChI is InChI=1S/C21H32N2O3Si/c1-16-12-18-13-22(19(16)15-26-27(5,6)21(2,3)4)20(24)23(18)25-14-17-10-8-7-9-11-17/h7-12,18-19H,13-15H2,1-6H3/t18-,19-/m1/s1. The van der Waals surface area contributed by atoms with Gasteiger partial charge in [0.1, 0.15) is 6.61 Å². The van der Waals surface area contributed by atoms with Crippen molar-refractivity contribution in [2.75, 3.05) is 13.2 Å². The SMILES string of the molecule is CC1=C[C@@H]2CN(C(=O)N2OCc2ccccc2)[C@@H]1CO[Si](C)(C)C(C)(C)C. The predicted molar refractivity (Wildman–Crippen MR) is 110 cm³/mol. The van der Waals surface area contributed by atoms with E-state index in [1.165, 1.54) is 10.6 Å². The fourth-order valence-electron chi connectivity index (χ4n) is 3.26. The molecule has 1 fully saturated rings. The van der Waals surface area contributed by atoms with Crippen molar-refractivity contribution in [2.45, 2.75) is 64.5 Å². The van der Waals surface area contributed by atoms with Crippen molar-refractivity contribution >= 4 is 14.3 Å². The van der Waals surface area contributed by atoms with Gasteiger partial charge in [0.25, 0.3) is 0 Å². The van der Waals surface area contributed by atoms with Crippen LogP contribution in [0.2, 0.25) is 18.1 Å². The minimum atomic E-state index is -1.86. The molecule has 1 saturated heterocycles. The maximum Gasteiger partial charge on any atom is 0.345 e. The average Bonchev–Trinajstić information content (AvgIpc) is 2.84. The molecule has 0 aliphatic carbocycles. The van der Waals surface area contributed by atoms with E-state index >= 15 is 0 Å². The molecule has 1 aromatic carbocycles. The molecule has 3 rings (SSSR count). The first-order valence-electron chi connectivity index (χ1n) is 9.69. The number of carbonyl (C=O) groups is 1. The number of carbonyl (C=O) groups excluding carboxylic acids is 1. The minimum Gasteiger partial charge on any atom is -0.414 e. The summed E-state index contributed by atoms with van der Waals surface area (Å²) in [4.78, 5) is 20.7. The van der Waals surface area contributed by atoms with Crippen LogP contribution in [-0.4, -0.2) is 49.5 Å². The summed E-state index contributed by atoms with van der Waals surface area (Å²) in [5.41, 5.74) is 2.24. The van der Waals surface area contributed by atoms with E-state index in [2.05, 4.69) is 46.9 Å². The highest BCUT2D eigenvalue weighted by atomic mass is 28.4. The van der Waals surface area contributed by atoms with Crippen LogP contribution in [0.15, 0.2) is 42.0 Å². The number of benzene rings is 1. The van der Waals surface area contributed by atoms with Crippen molar-refractivity contribution < 1.29 is 14.1 Å². The molecule has 148 valence electrons. The average molecular weight is 389 g/mol. The van der Waals surface area contributed by atoms with Crippen molar-refractivity contribution in [1.29, 1.82) is 0 Å². The Morgan fingerprint density at radius 1 is 1.19 bits per heavy atom. The van der Waals surface area contributed by atoms with Gasteiger partial charge in [-0.1, -0.05) is 62.8 Å². The van der Waals surface area contributed by atoms with E-state index in [0.29, 0.717) is 19.8 Å². The van der Waals surface area contributed by atoms with E-state index in [4.69, 9.17) is 9.26 Å². The topological polar surface area (TPSA) is 42.0 Å². The lowest BCUT2D eigenvalue weighted by atomic mass is 10.0. The Kier molecular flexibility index (Phi) is 5.52. The van der Waals surface area contributed by atoms with Crippen LogP contribution in [0.3, 0.4) is 0 Å². The van der Waals surface area contributed by atoms with Gasteiger partial charge < -0.3 is 9.33 Å². The zero-order valence-corrected chi connectivity index (χ0v) is 18.4. The van der Waals surface area contributed by atoms with E-state index in [1.807, 2.05) is 35.2 Å². The molecule has 5 nitrogen and oxygen atoms in total. The largest absolute Gasteiger partial charge is 0.414 e. The summed E-state index contributed by atoms with van der Waals surface area (Å²) in [7, 11) is -1.86. The van der Waals surface area contributed by atoms with Crippen LogP contribution in [0.1, 0.15) is 33.3 Å². The molecule has 0 radical (unpaired) electrons. The molecule has 0 saturated carbocycles. The zero-order chi connectivity index (χ0) is 19.8. The van der Waals surface area contributed by atoms with Crippen molar-refractivity contribution in [3.63, 3.8) is 0 Å². The van der Waals surface area contributed by atoms with Gasteiger partial charge in [0.2, 0.25) is 0 Å². The van der Waals surface area contributed by atoms with Crippen molar-refractivity contribution in [3.8, 4) is 0 Å². The maximum atomic E-state index is 12.9. The number of urea groups is 1. The molecule has 0 spiro atoms. The van der Waals surface area contributed by atoms with Gasteiger partial charge in [-0.05, 0) is 30.6 Å². The Bertz CT molecular complexity index is 712. The summed E-state index contributed by atoms with van der Waals surface area (Å²) in [5, 5.41) is 1.69. The summed E-state index contributed by atoms with van der Waals surface area (Å²) in [6, 6.07) is 9.84. The molecule has 2 atom stereocenters. The Morgan fingerprint density at radius 3 is 2.48 bits per heavy atom. The lowest BCUT2D eigenvalue weighted by Gasteiger charge is -2.39. The normalized spacial score (nSPS) is 23.0. The first-order valence-corrected chi connectivity index (χ1v) is 12.6. The third kappa shape index (κ3) is 4.12. The Morgan fingerprint density at radius 2 is 1.85 bits per heavy atom. The molecular formula is C21H32N2O3Si. The van der Waals surface area contributed by atoms with Crippen molar-refractivity contribution in [3.05, 3.63) is 47.5 Å². The van der Waals surface area contributed by atoms with E-state index < -0.39 is 8.32 Å².